The van der Waals surface area contributed by atoms with Gasteiger partial charge in [-0.3, -0.25) is 14.4 Å². The summed E-state index contributed by atoms with van der Waals surface area (Å²) >= 11 is 0. The highest BCUT2D eigenvalue weighted by Crippen LogP contribution is 2.41. The number of hydrogen-bond acceptors (Lipinski definition) is 9. The summed E-state index contributed by atoms with van der Waals surface area (Å²) in [5.41, 5.74) is 2.25. The van der Waals surface area contributed by atoms with Gasteiger partial charge in [0.05, 0.1) is 13.2 Å². The zero-order valence-corrected chi connectivity index (χ0v) is 26.5. The van der Waals surface area contributed by atoms with Gasteiger partial charge in [-0.15, -0.1) is 0 Å². The molecule has 9 heteroatoms. The molecule has 9 nitrogen and oxygen atoms in total. The average molecular weight is 639 g/mol. The van der Waals surface area contributed by atoms with Crippen molar-refractivity contribution in [2.24, 2.45) is 0 Å². The third kappa shape index (κ3) is 8.13. The lowest BCUT2D eigenvalue weighted by atomic mass is 9.80. The number of ether oxygens (including phenoxy) is 6. The van der Waals surface area contributed by atoms with Crippen LogP contribution in [-0.2, 0) is 55.0 Å². The monoisotopic (exact) mass is 638 g/mol. The number of rotatable bonds is 12. The van der Waals surface area contributed by atoms with Crippen LogP contribution in [0.15, 0.2) is 121 Å². The van der Waals surface area contributed by atoms with Gasteiger partial charge < -0.3 is 28.4 Å². The Hall–Kier alpha value is -4.83. The lowest BCUT2D eigenvalue weighted by Crippen LogP contribution is -2.63. The van der Waals surface area contributed by atoms with Crippen LogP contribution in [0.1, 0.15) is 43.0 Å². The van der Waals surface area contributed by atoms with E-state index in [4.69, 9.17) is 28.4 Å². The maximum Gasteiger partial charge on any atom is 0.305 e. The first-order chi connectivity index (χ1) is 22.8. The van der Waals surface area contributed by atoms with E-state index in [1.165, 1.54) is 20.8 Å². The third-order valence-electron chi connectivity index (χ3n) is 7.77. The molecule has 0 saturated carbocycles. The van der Waals surface area contributed by atoms with Crippen LogP contribution in [0, 0.1) is 0 Å². The summed E-state index contributed by atoms with van der Waals surface area (Å²) in [7, 11) is 0. The van der Waals surface area contributed by atoms with Gasteiger partial charge >= 0.3 is 17.9 Å². The zero-order chi connectivity index (χ0) is 33.2. The summed E-state index contributed by atoms with van der Waals surface area (Å²) in [4.78, 5) is 37.1. The fourth-order valence-corrected chi connectivity index (χ4v) is 5.85. The van der Waals surface area contributed by atoms with Gasteiger partial charge in [-0.25, -0.2) is 0 Å². The van der Waals surface area contributed by atoms with Crippen molar-refractivity contribution in [1.82, 2.24) is 0 Å². The van der Waals surface area contributed by atoms with Crippen molar-refractivity contribution in [3.63, 3.8) is 0 Å². The second-order valence-electron chi connectivity index (χ2n) is 11.2. The normalized spacial score (nSPS) is 21.0. The van der Waals surface area contributed by atoms with Crippen molar-refractivity contribution in [1.29, 1.82) is 0 Å². The quantitative estimate of drug-likeness (QED) is 0.109. The Morgan fingerprint density at radius 3 is 1.45 bits per heavy atom. The molecule has 1 saturated heterocycles. The molecule has 0 spiro atoms. The molecule has 0 bridgehead atoms. The van der Waals surface area contributed by atoms with Crippen LogP contribution in [0.5, 0.6) is 0 Å². The van der Waals surface area contributed by atoms with Crippen molar-refractivity contribution in [3.05, 3.63) is 144 Å². The SMILES string of the molecule is CC(=O)OC1O[C@H](COC(c2ccccc2)(c2ccccc2)c2ccccc2)[C@@H](OC(C)=O)[C@H](OCc2ccccc2)[C@H]1OC(C)=O. The van der Waals surface area contributed by atoms with Crippen molar-refractivity contribution in [3.8, 4) is 0 Å². The molecule has 0 radical (unpaired) electrons. The first kappa shape index (κ1) is 33.5. The molecule has 244 valence electrons. The summed E-state index contributed by atoms with van der Waals surface area (Å²) in [6.07, 6.45) is -5.85. The highest BCUT2D eigenvalue weighted by molar-refractivity contribution is 5.68. The molecular weight excluding hydrogens is 600 g/mol. The van der Waals surface area contributed by atoms with Crippen molar-refractivity contribution >= 4 is 17.9 Å². The van der Waals surface area contributed by atoms with Gasteiger partial charge in [0.25, 0.3) is 0 Å². The second kappa shape index (κ2) is 15.6. The minimum absolute atomic E-state index is 0.0867. The fourth-order valence-electron chi connectivity index (χ4n) is 5.85. The Labute approximate surface area is 274 Å². The molecular formula is C38H38O9. The lowest BCUT2D eigenvalue weighted by molar-refractivity contribution is -0.309. The largest absolute Gasteiger partial charge is 0.457 e. The molecule has 0 amide bonds. The molecule has 5 atom stereocenters. The highest BCUT2D eigenvalue weighted by atomic mass is 16.7. The van der Waals surface area contributed by atoms with Gasteiger partial charge in [-0.1, -0.05) is 121 Å². The molecule has 1 aliphatic heterocycles. The molecule has 4 aromatic carbocycles. The molecule has 5 rings (SSSR count). The average Bonchev–Trinajstić information content (AvgIpc) is 3.07. The van der Waals surface area contributed by atoms with Crippen molar-refractivity contribution in [2.75, 3.05) is 6.61 Å². The van der Waals surface area contributed by atoms with Gasteiger partial charge in [0, 0.05) is 20.8 Å². The van der Waals surface area contributed by atoms with E-state index >= 15 is 0 Å². The number of carbonyl (C=O) groups is 3. The van der Waals surface area contributed by atoms with Gasteiger partial charge in [0.2, 0.25) is 6.29 Å². The summed E-state index contributed by atoms with van der Waals surface area (Å²) < 4.78 is 36.7. The van der Waals surface area contributed by atoms with Gasteiger partial charge in [0.1, 0.15) is 17.8 Å². The molecule has 0 aliphatic carbocycles. The van der Waals surface area contributed by atoms with Crippen LogP contribution in [0.4, 0.5) is 0 Å². The smallest absolute Gasteiger partial charge is 0.305 e. The Bertz CT molecular complexity index is 1500. The first-order valence-corrected chi connectivity index (χ1v) is 15.4. The van der Waals surface area contributed by atoms with Crippen LogP contribution in [0.3, 0.4) is 0 Å². The molecule has 0 aromatic heterocycles. The van der Waals surface area contributed by atoms with E-state index in [0.29, 0.717) is 0 Å². The number of benzene rings is 4. The van der Waals surface area contributed by atoms with Gasteiger partial charge in [-0.2, -0.15) is 0 Å². The van der Waals surface area contributed by atoms with Crippen LogP contribution in [0.2, 0.25) is 0 Å². The number of hydrogen-bond donors (Lipinski definition) is 0. The standard InChI is InChI=1S/C38H38O9/c1-26(39)44-34-33(47-37(46-28(3)41)36(45-27(2)40)35(34)42-24-29-16-8-4-9-17-29)25-43-38(30-18-10-5-11-19-30,31-20-12-6-13-21-31)32-22-14-7-15-23-32/h4-23,33-37H,24-25H2,1-3H3/t33-,34-,35+,36-,37?/m1/s1. The minimum atomic E-state index is -1.38. The van der Waals surface area contributed by atoms with E-state index in [1.807, 2.05) is 121 Å². The topological polar surface area (TPSA) is 107 Å². The molecule has 1 aliphatic rings. The molecule has 1 unspecified atom stereocenters. The van der Waals surface area contributed by atoms with Gasteiger partial charge in [-0.05, 0) is 22.3 Å². The lowest BCUT2D eigenvalue weighted by Gasteiger charge is -2.45. The fraction of sp³-hybridized carbons (Fsp3) is 0.289. The molecule has 0 N–H and O–H groups in total. The molecule has 1 heterocycles. The highest BCUT2D eigenvalue weighted by Gasteiger charge is 2.53. The first-order valence-electron chi connectivity index (χ1n) is 15.4. The zero-order valence-electron chi connectivity index (χ0n) is 26.5. The summed E-state index contributed by atoms with van der Waals surface area (Å²) in [5, 5.41) is 0. The number of carbonyl (C=O) groups excluding carboxylic acids is 3. The van der Waals surface area contributed by atoms with E-state index in [0.717, 1.165) is 22.3 Å². The Balaban J connectivity index is 1.58. The van der Waals surface area contributed by atoms with Crippen LogP contribution in [0.25, 0.3) is 0 Å². The summed E-state index contributed by atoms with van der Waals surface area (Å²) in [6.45, 7) is 3.66. The van der Waals surface area contributed by atoms with E-state index in [1.54, 1.807) is 0 Å². The second-order valence-corrected chi connectivity index (χ2v) is 11.2. The predicted molar refractivity (Wildman–Crippen MR) is 172 cm³/mol. The Morgan fingerprint density at radius 2 is 1.00 bits per heavy atom. The molecule has 4 aromatic rings. The van der Waals surface area contributed by atoms with Crippen molar-refractivity contribution < 1.29 is 42.8 Å². The van der Waals surface area contributed by atoms with E-state index < -0.39 is 54.2 Å². The maximum atomic E-state index is 12.6. The van der Waals surface area contributed by atoms with Gasteiger partial charge in [0.15, 0.2) is 12.2 Å². The minimum Gasteiger partial charge on any atom is -0.457 e. The summed E-state index contributed by atoms with van der Waals surface area (Å²) in [5.74, 6) is -1.92. The Kier molecular flexibility index (Phi) is 11.2. The van der Waals surface area contributed by atoms with E-state index in [2.05, 4.69) is 0 Å². The molecule has 47 heavy (non-hydrogen) atoms. The van der Waals surface area contributed by atoms with Crippen LogP contribution in [-0.4, -0.2) is 55.2 Å². The van der Waals surface area contributed by atoms with E-state index in [9.17, 15) is 14.4 Å². The Morgan fingerprint density at radius 1 is 0.574 bits per heavy atom. The van der Waals surface area contributed by atoms with Crippen LogP contribution < -0.4 is 0 Å². The number of esters is 3. The third-order valence-corrected chi connectivity index (χ3v) is 7.77. The maximum absolute atomic E-state index is 12.6. The summed E-state index contributed by atoms with van der Waals surface area (Å²) in [6, 6.07) is 38.7. The molecule has 1 fully saturated rings. The van der Waals surface area contributed by atoms with Crippen molar-refractivity contribution in [2.45, 2.75) is 63.7 Å². The van der Waals surface area contributed by atoms with E-state index in [-0.39, 0.29) is 13.2 Å². The van der Waals surface area contributed by atoms with Crippen LogP contribution >= 0.6 is 0 Å². The predicted octanol–water partition coefficient (Wildman–Crippen LogP) is 5.73.